The van der Waals surface area contributed by atoms with E-state index in [1.54, 1.807) is 16.8 Å². The first-order valence-corrected chi connectivity index (χ1v) is 5.97. The Labute approximate surface area is 109 Å². The standard InChI is InChI=1S/C14H11ClN2O/c1-9-13-6-5-12(18)8-14(13)17(16-9)11-4-2-3-10(15)7-11/h2-8,18H,1H3. The molecule has 4 heteroatoms. The van der Waals surface area contributed by atoms with Gasteiger partial charge in [-0.1, -0.05) is 17.7 Å². The number of aryl methyl sites for hydroxylation is 1. The van der Waals surface area contributed by atoms with Crippen LogP contribution in [0.4, 0.5) is 0 Å². The predicted octanol–water partition coefficient (Wildman–Crippen LogP) is 3.69. The molecule has 0 bridgehead atoms. The van der Waals surface area contributed by atoms with E-state index < -0.39 is 0 Å². The summed E-state index contributed by atoms with van der Waals surface area (Å²) in [4.78, 5) is 0. The van der Waals surface area contributed by atoms with Crippen LogP contribution in [0.15, 0.2) is 42.5 Å². The summed E-state index contributed by atoms with van der Waals surface area (Å²) in [5, 5.41) is 15.8. The summed E-state index contributed by atoms with van der Waals surface area (Å²) in [6.45, 7) is 1.94. The van der Waals surface area contributed by atoms with Crippen molar-refractivity contribution in [1.29, 1.82) is 0 Å². The molecule has 1 heterocycles. The summed E-state index contributed by atoms with van der Waals surface area (Å²) in [6, 6.07) is 12.7. The molecule has 0 saturated heterocycles. The average molecular weight is 259 g/mol. The third kappa shape index (κ3) is 1.73. The van der Waals surface area contributed by atoms with Gasteiger partial charge in [0, 0.05) is 16.5 Å². The van der Waals surface area contributed by atoms with Crippen molar-refractivity contribution in [3.63, 3.8) is 0 Å². The van der Waals surface area contributed by atoms with Crippen molar-refractivity contribution in [3.05, 3.63) is 53.2 Å². The zero-order chi connectivity index (χ0) is 12.7. The van der Waals surface area contributed by atoms with Gasteiger partial charge in [-0.25, -0.2) is 4.68 Å². The Morgan fingerprint density at radius 2 is 2.00 bits per heavy atom. The normalized spacial score (nSPS) is 11.0. The minimum absolute atomic E-state index is 0.227. The van der Waals surface area contributed by atoms with Crippen LogP contribution in [0.2, 0.25) is 5.02 Å². The number of aromatic nitrogens is 2. The number of phenolic OH excluding ortho intramolecular Hbond substituents is 1. The summed E-state index contributed by atoms with van der Waals surface area (Å²) in [7, 11) is 0. The first-order chi connectivity index (χ1) is 8.65. The Kier molecular flexibility index (Phi) is 2.49. The fourth-order valence-corrected chi connectivity index (χ4v) is 2.25. The number of hydrogen-bond acceptors (Lipinski definition) is 2. The molecule has 0 radical (unpaired) electrons. The second-order valence-corrected chi connectivity index (χ2v) is 4.61. The number of aromatic hydroxyl groups is 1. The van der Waals surface area contributed by atoms with Gasteiger partial charge in [0.15, 0.2) is 0 Å². The maximum Gasteiger partial charge on any atom is 0.117 e. The lowest BCUT2D eigenvalue weighted by molar-refractivity contribution is 0.476. The second kappa shape index (κ2) is 4.03. The van der Waals surface area contributed by atoms with Crippen molar-refractivity contribution in [2.24, 2.45) is 0 Å². The molecule has 3 rings (SSSR count). The summed E-state index contributed by atoms with van der Waals surface area (Å²) >= 11 is 5.99. The number of fused-ring (bicyclic) bond motifs is 1. The van der Waals surface area contributed by atoms with E-state index in [-0.39, 0.29) is 5.75 Å². The van der Waals surface area contributed by atoms with E-state index in [4.69, 9.17) is 11.6 Å². The van der Waals surface area contributed by atoms with Crippen molar-refractivity contribution >= 4 is 22.5 Å². The quantitative estimate of drug-likeness (QED) is 0.723. The van der Waals surface area contributed by atoms with Crippen molar-refractivity contribution < 1.29 is 5.11 Å². The van der Waals surface area contributed by atoms with E-state index in [0.29, 0.717) is 5.02 Å². The summed E-state index contributed by atoms with van der Waals surface area (Å²) in [5.74, 6) is 0.227. The molecule has 0 fully saturated rings. The predicted molar refractivity (Wildman–Crippen MR) is 72.5 cm³/mol. The van der Waals surface area contributed by atoms with Gasteiger partial charge in [-0.2, -0.15) is 5.10 Å². The molecule has 0 aliphatic carbocycles. The zero-order valence-electron chi connectivity index (χ0n) is 9.76. The smallest absolute Gasteiger partial charge is 0.117 e. The van der Waals surface area contributed by atoms with E-state index in [2.05, 4.69) is 5.10 Å². The number of benzene rings is 2. The van der Waals surface area contributed by atoms with Crippen molar-refractivity contribution in [2.75, 3.05) is 0 Å². The fourth-order valence-electron chi connectivity index (χ4n) is 2.06. The molecule has 0 saturated carbocycles. The van der Waals surface area contributed by atoms with Crippen LogP contribution in [0.3, 0.4) is 0 Å². The minimum atomic E-state index is 0.227. The molecular formula is C14H11ClN2O. The van der Waals surface area contributed by atoms with Crippen LogP contribution in [0.5, 0.6) is 5.75 Å². The summed E-state index contributed by atoms with van der Waals surface area (Å²) in [6.07, 6.45) is 0. The third-order valence-electron chi connectivity index (χ3n) is 2.90. The van der Waals surface area contributed by atoms with Gasteiger partial charge in [-0.15, -0.1) is 0 Å². The Morgan fingerprint density at radius 3 is 2.78 bits per heavy atom. The maximum atomic E-state index is 9.60. The van der Waals surface area contributed by atoms with E-state index >= 15 is 0 Å². The fraction of sp³-hybridized carbons (Fsp3) is 0.0714. The highest BCUT2D eigenvalue weighted by Gasteiger charge is 2.09. The molecule has 3 nitrogen and oxygen atoms in total. The molecule has 1 N–H and O–H groups in total. The lowest BCUT2D eigenvalue weighted by atomic mass is 10.2. The molecule has 3 aromatic rings. The Bertz CT molecular complexity index is 734. The largest absolute Gasteiger partial charge is 0.508 e. The highest BCUT2D eigenvalue weighted by Crippen LogP contribution is 2.26. The Hall–Kier alpha value is -2.00. The van der Waals surface area contributed by atoms with Crippen LogP contribution in [0.25, 0.3) is 16.6 Å². The molecule has 0 aliphatic heterocycles. The molecule has 2 aromatic carbocycles. The van der Waals surface area contributed by atoms with Gasteiger partial charge in [-0.3, -0.25) is 0 Å². The molecule has 18 heavy (non-hydrogen) atoms. The van der Waals surface area contributed by atoms with Crippen LogP contribution in [0, 0.1) is 6.92 Å². The number of rotatable bonds is 1. The van der Waals surface area contributed by atoms with Crippen LogP contribution in [0.1, 0.15) is 5.69 Å². The maximum absolute atomic E-state index is 9.60. The van der Waals surface area contributed by atoms with Gasteiger partial charge in [0.25, 0.3) is 0 Å². The van der Waals surface area contributed by atoms with Gasteiger partial charge in [-0.05, 0) is 37.3 Å². The highest BCUT2D eigenvalue weighted by molar-refractivity contribution is 6.30. The van der Waals surface area contributed by atoms with Crippen LogP contribution in [-0.2, 0) is 0 Å². The van der Waals surface area contributed by atoms with Crippen LogP contribution in [-0.4, -0.2) is 14.9 Å². The zero-order valence-corrected chi connectivity index (χ0v) is 10.5. The number of halogens is 1. The summed E-state index contributed by atoms with van der Waals surface area (Å²) in [5.41, 5.74) is 2.67. The first kappa shape index (κ1) is 11.1. The summed E-state index contributed by atoms with van der Waals surface area (Å²) < 4.78 is 1.79. The van der Waals surface area contributed by atoms with Gasteiger partial charge in [0.05, 0.1) is 16.9 Å². The molecule has 0 amide bonds. The molecule has 0 unspecified atom stereocenters. The van der Waals surface area contributed by atoms with Crippen molar-refractivity contribution in [3.8, 4) is 11.4 Å². The molecular weight excluding hydrogens is 248 g/mol. The molecule has 90 valence electrons. The van der Waals surface area contributed by atoms with Crippen LogP contribution < -0.4 is 0 Å². The topological polar surface area (TPSA) is 38.0 Å². The lowest BCUT2D eigenvalue weighted by Crippen LogP contribution is -1.95. The molecule has 0 atom stereocenters. The van der Waals surface area contributed by atoms with E-state index in [9.17, 15) is 5.11 Å². The van der Waals surface area contributed by atoms with E-state index in [0.717, 1.165) is 22.3 Å². The van der Waals surface area contributed by atoms with Gasteiger partial charge >= 0.3 is 0 Å². The van der Waals surface area contributed by atoms with Crippen molar-refractivity contribution in [2.45, 2.75) is 6.92 Å². The molecule has 0 aliphatic rings. The average Bonchev–Trinajstić information content (AvgIpc) is 2.66. The monoisotopic (exact) mass is 258 g/mol. The van der Waals surface area contributed by atoms with Gasteiger partial charge in [0.1, 0.15) is 5.75 Å². The van der Waals surface area contributed by atoms with Gasteiger partial charge in [0.2, 0.25) is 0 Å². The van der Waals surface area contributed by atoms with Crippen molar-refractivity contribution in [1.82, 2.24) is 9.78 Å². The Balaban J connectivity index is 2.32. The number of nitrogens with zero attached hydrogens (tertiary/aromatic N) is 2. The lowest BCUT2D eigenvalue weighted by Gasteiger charge is -2.04. The number of phenols is 1. The number of hydrogen-bond donors (Lipinski definition) is 1. The Morgan fingerprint density at radius 1 is 1.17 bits per heavy atom. The van der Waals surface area contributed by atoms with E-state index in [1.807, 2.05) is 37.3 Å². The minimum Gasteiger partial charge on any atom is -0.508 e. The highest BCUT2D eigenvalue weighted by atomic mass is 35.5. The molecule has 1 aromatic heterocycles. The SMILES string of the molecule is Cc1nn(-c2cccc(Cl)c2)c2cc(O)ccc12. The van der Waals surface area contributed by atoms with Crippen LogP contribution >= 0.6 is 11.6 Å². The third-order valence-corrected chi connectivity index (χ3v) is 3.14. The van der Waals surface area contributed by atoms with E-state index in [1.165, 1.54) is 0 Å². The first-order valence-electron chi connectivity index (χ1n) is 5.59. The van der Waals surface area contributed by atoms with Gasteiger partial charge < -0.3 is 5.11 Å². The molecule has 0 spiro atoms. The second-order valence-electron chi connectivity index (χ2n) is 4.18.